The van der Waals surface area contributed by atoms with Crippen molar-refractivity contribution in [3.8, 4) is 11.6 Å². The molecule has 2 rings (SSSR count). The average molecular weight is 207 g/mol. The molecule has 0 radical (unpaired) electrons. The van der Waals surface area contributed by atoms with E-state index in [0.29, 0.717) is 12.0 Å². The topological polar surface area (TPSA) is 31.4 Å². The van der Waals surface area contributed by atoms with Gasteiger partial charge in [-0.25, -0.2) is 4.98 Å². The molecule has 0 saturated heterocycles. The third-order valence-electron chi connectivity index (χ3n) is 1.95. The molecule has 0 amide bonds. The van der Waals surface area contributed by atoms with Gasteiger partial charge in [-0.1, -0.05) is 0 Å². The Labute approximate surface area is 90.4 Å². The molecule has 3 nitrogen and oxygen atoms in total. The van der Waals surface area contributed by atoms with E-state index in [0.717, 1.165) is 5.75 Å². The molecule has 82 valence electrons. The van der Waals surface area contributed by atoms with Gasteiger partial charge in [0.2, 0.25) is 5.88 Å². The highest BCUT2D eigenvalue weighted by atomic mass is 16.5. The Morgan fingerprint density at radius 3 is 2.47 bits per heavy atom. The van der Waals surface area contributed by atoms with Gasteiger partial charge in [0.1, 0.15) is 11.4 Å². The maximum absolute atomic E-state index is 5.61. The van der Waals surface area contributed by atoms with E-state index in [9.17, 15) is 0 Å². The molecule has 0 N–H and O–H groups in total. The summed E-state index contributed by atoms with van der Waals surface area (Å²) in [7, 11) is 0. The highest BCUT2D eigenvalue weighted by Gasteiger charge is 2.23. The highest BCUT2D eigenvalue weighted by Crippen LogP contribution is 2.27. The fraction of sp³-hybridized carbons (Fsp3) is 0.583. The summed E-state index contributed by atoms with van der Waals surface area (Å²) in [6.07, 6.45) is 4.47. The van der Waals surface area contributed by atoms with Crippen LogP contribution in [0.1, 0.15) is 33.6 Å². The fourth-order valence-electron chi connectivity index (χ4n) is 1.19. The van der Waals surface area contributed by atoms with Gasteiger partial charge in [-0.15, -0.1) is 0 Å². The zero-order chi connectivity index (χ0) is 10.9. The maximum atomic E-state index is 5.61. The van der Waals surface area contributed by atoms with Gasteiger partial charge in [0.15, 0.2) is 0 Å². The maximum Gasteiger partial charge on any atom is 0.213 e. The number of pyridine rings is 1. The fourth-order valence-corrected chi connectivity index (χ4v) is 1.19. The smallest absolute Gasteiger partial charge is 0.213 e. The molecular formula is C12H17NO2. The molecular weight excluding hydrogens is 190 g/mol. The normalized spacial score (nSPS) is 16.2. The Bertz CT molecular complexity index is 322. The van der Waals surface area contributed by atoms with Crippen LogP contribution in [0.15, 0.2) is 18.3 Å². The molecule has 1 aliphatic carbocycles. The van der Waals surface area contributed by atoms with Gasteiger partial charge in [-0.2, -0.15) is 0 Å². The van der Waals surface area contributed by atoms with E-state index in [1.54, 1.807) is 6.20 Å². The van der Waals surface area contributed by atoms with Gasteiger partial charge >= 0.3 is 0 Å². The lowest BCUT2D eigenvalue weighted by Crippen LogP contribution is -2.23. The molecule has 0 unspecified atom stereocenters. The Balaban J connectivity index is 1.96. The molecule has 0 bridgehead atoms. The van der Waals surface area contributed by atoms with Crippen molar-refractivity contribution in [3.05, 3.63) is 18.3 Å². The van der Waals surface area contributed by atoms with Crippen LogP contribution in [0.4, 0.5) is 0 Å². The van der Waals surface area contributed by atoms with Crippen LogP contribution >= 0.6 is 0 Å². The molecule has 0 aromatic carbocycles. The quantitative estimate of drug-likeness (QED) is 0.763. The molecule has 1 heterocycles. The van der Waals surface area contributed by atoms with Crippen LogP contribution in [-0.4, -0.2) is 16.7 Å². The first-order valence-corrected chi connectivity index (χ1v) is 5.35. The van der Waals surface area contributed by atoms with Crippen molar-refractivity contribution in [1.82, 2.24) is 4.98 Å². The van der Waals surface area contributed by atoms with Gasteiger partial charge < -0.3 is 9.47 Å². The molecule has 1 fully saturated rings. The lowest BCUT2D eigenvalue weighted by atomic mass is 10.2. The first-order valence-electron chi connectivity index (χ1n) is 5.35. The Kier molecular flexibility index (Phi) is 2.55. The van der Waals surface area contributed by atoms with E-state index in [1.807, 2.05) is 32.9 Å². The molecule has 0 atom stereocenters. The SMILES string of the molecule is CC(C)(C)Oc1ccc(OC2CC2)cn1. The van der Waals surface area contributed by atoms with Crippen molar-refractivity contribution >= 4 is 0 Å². The number of aromatic nitrogens is 1. The molecule has 1 aliphatic rings. The standard InChI is InChI=1S/C12H17NO2/c1-12(2,3)15-11-7-6-10(8-13-11)14-9-4-5-9/h6-9H,4-5H2,1-3H3. The summed E-state index contributed by atoms with van der Waals surface area (Å²) in [5.41, 5.74) is -0.203. The van der Waals surface area contributed by atoms with Crippen LogP contribution in [0, 0.1) is 0 Å². The first-order chi connectivity index (χ1) is 7.03. The summed E-state index contributed by atoms with van der Waals surface area (Å²) in [4.78, 5) is 4.20. The summed E-state index contributed by atoms with van der Waals surface area (Å²) < 4.78 is 11.2. The number of hydrogen-bond acceptors (Lipinski definition) is 3. The third-order valence-corrected chi connectivity index (χ3v) is 1.95. The predicted octanol–water partition coefficient (Wildman–Crippen LogP) is 2.80. The van der Waals surface area contributed by atoms with Crippen molar-refractivity contribution in [3.63, 3.8) is 0 Å². The number of nitrogens with zero attached hydrogens (tertiary/aromatic N) is 1. The van der Waals surface area contributed by atoms with Crippen LogP contribution in [-0.2, 0) is 0 Å². The van der Waals surface area contributed by atoms with E-state index < -0.39 is 0 Å². The van der Waals surface area contributed by atoms with Crippen molar-refractivity contribution < 1.29 is 9.47 Å². The predicted molar refractivity (Wildman–Crippen MR) is 58.3 cm³/mol. The number of rotatable bonds is 3. The largest absolute Gasteiger partial charge is 0.489 e. The van der Waals surface area contributed by atoms with Crippen molar-refractivity contribution in [1.29, 1.82) is 0 Å². The monoisotopic (exact) mass is 207 g/mol. The second kappa shape index (κ2) is 3.72. The van der Waals surface area contributed by atoms with Crippen molar-refractivity contribution in [2.45, 2.75) is 45.3 Å². The van der Waals surface area contributed by atoms with E-state index in [1.165, 1.54) is 12.8 Å². The summed E-state index contributed by atoms with van der Waals surface area (Å²) in [6.45, 7) is 6.01. The zero-order valence-electron chi connectivity index (χ0n) is 9.49. The Hall–Kier alpha value is -1.25. The minimum absolute atomic E-state index is 0.203. The van der Waals surface area contributed by atoms with E-state index in [2.05, 4.69) is 4.98 Å². The van der Waals surface area contributed by atoms with E-state index in [-0.39, 0.29) is 5.60 Å². The summed E-state index contributed by atoms with van der Waals surface area (Å²) in [5.74, 6) is 1.48. The van der Waals surface area contributed by atoms with Crippen LogP contribution in [0.5, 0.6) is 11.6 Å². The summed E-state index contributed by atoms with van der Waals surface area (Å²) in [6, 6.07) is 3.76. The summed E-state index contributed by atoms with van der Waals surface area (Å²) >= 11 is 0. The lowest BCUT2D eigenvalue weighted by Gasteiger charge is -2.20. The molecule has 15 heavy (non-hydrogen) atoms. The molecule has 3 heteroatoms. The van der Waals surface area contributed by atoms with Crippen LogP contribution in [0.2, 0.25) is 0 Å². The van der Waals surface area contributed by atoms with Crippen LogP contribution in [0.3, 0.4) is 0 Å². The molecule has 0 spiro atoms. The Morgan fingerprint density at radius 2 is 2.00 bits per heavy atom. The average Bonchev–Trinajstić information content (AvgIpc) is 2.90. The first kappa shape index (κ1) is 10.3. The van der Waals surface area contributed by atoms with E-state index >= 15 is 0 Å². The van der Waals surface area contributed by atoms with Gasteiger partial charge in [-0.05, 0) is 39.7 Å². The Morgan fingerprint density at radius 1 is 1.27 bits per heavy atom. The van der Waals surface area contributed by atoms with Crippen molar-refractivity contribution in [2.75, 3.05) is 0 Å². The third kappa shape index (κ3) is 3.42. The second-order valence-electron chi connectivity index (χ2n) is 4.86. The lowest BCUT2D eigenvalue weighted by molar-refractivity contribution is 0.124. The molecule has 1 aromatic rings. The minimum atomic E-state index is -0.203. The van der Waals surface area contributed by atoms with Gasteiger partial charge in [0, 0.05) is 6.07 Å². The van der Waals surface area contributed by atoms with Gasteiger partial charge in [-0.3, -0.25) is 0 Å². The second-order valence-corrected chi connectivity index (χ2v) is 4.86. The summed E-state index contributed by atoms with van der Waals surface area (Å²) in [5, 5.41) is 0. The highest BCUT2D eigenvalue weighted by molar-refractivity contribution is 5.23. The molecule has 1 saturated carbocycles. The number of hydrogen-bond donors (Lipinski definition) is 0. The van der Waals surface area contributed by atoms with E-state index in [4.69, 9.17) is 9.47 Å². The van der Waals surface area contributed by atoms with Gasteiger partial charge in [0.25, 0.3) is 0 Å². The van der Waals surface area contributed by atoms with Gasteiger partial charge in [0.05, 0.1) is 12.3 Å². The number of ether oxygens (including phenoxy) is 2. The minimum Gasteiger partial charge on any atom is -0.489 e. The molecule has 0 aliphatic heterocycles. The van der Waals surface area contributed by atoms with Crippen LogP contribution in [0.25, 0.3) is 0 Å². The molecule has 1 aromatic heterocycles. The zero-order valence-corrected chi connectivity index (χ0v) is 9.49. The van der Waals surface area contributed by atoms with Crippen molar-refractivity contribution in [2.24, 2.45) is 0 Å². The van der Waals surface area contributed by atoms with Crippen LogP contribution < -0.4 is 9.47 Å².